The molecule has 0 radical (unpaired) electrons. The van der Waals surface area contributed by atoms with Crippen molar-refractivity contribution in [2.24, 2.45) is 28.3 Å². The fourth-order valence-corrected chi connectivity index (χ4v) is 7.28. The second-order valence-corrected chi connectivity index (χ2v) is 17.0. The number of hydrogen-bond acceptors (Lipinski definition) is 10. The van der Waals surface area contributed by atoms with E-state index < -0.39 is 83.7 Å². The van der Waals surface area contributed by atoms with Crippen molar-refractivity contribution in [2.45, 2.75) is 128 Å². The molecule has 20 nitrogen and oxygen atoms in total. The Labute approximate surface area is 380 Å². The molecule has 2 aromatic rings. The van der Waals surface area contributed by atoms with Gasteiger partial charge in [0.1, 0.15) is 47.8 Å². The quantitative estimate of drug-likeness (QED) is 0.0642. The molecule has 2 aromatic carbocycles. The standard InChI is InChI=1S/C45H68N10O10/c1-6-27(4)37-41(61)50-33(21-16-28-12-17-30(56)18-13-28)42(62)55(5)36(24-26(2)3)40(60)51-35(25-29-14-19-31(57)20-15-29)38(58)48-22-8-7-10-32(39(59)54-37)52-45(65)53-34(43(63)64)11-9-23-49-44(46)47/h12-15,17-20,26-27,32-37,56-57H,6-11,16,21-25H2,1-5H3,(H,48,58)(H,50,61)(H,51,60)(H,54,59)(H,63,64)(H4,46,47,49)(H2,52,53,65)/t27-,32?,33?,34-,35-,36-,37-/m0/s1. The molecule has 1 fully saturated rings. The molecule has 358 valence electrons. The Bertz CT molecular complexity index is 1940. The average Bonchev–Trinajstić information content (AvgIpc) is 3.26. The number of guanidine groups is 1. The van der Waals surface area contributed by atoms with Crippen LogP contribution in [0.3, 0.4) is 0 Å². The molecular formula is C45H68N10O10. The first-order valence-corrected chi connectivity index (χ1v) is 22.2. The molecule has 3 rings (SSSR count). The number of aryl methyl sites for hydroxylation is 1. The SMILES string of the molecule is CC[C@H](C)[C@@H]1NC(=O)C(NC(=O)N[C@@H](CCCN=C(N)N)C(=O)O)CCCCNC(=O)[C@H](Cc2ccc(O)cc2)NC(=O)[C@H](CC(C)C)N(C)C(=O)C(CCc2ccc(O)cc2)NC1=O. The molecule has 20 heteroatoms. The van der Waals surface area contributed by atoms with Crippen molar-refractivity contribution < 1.29 is 48.9 Å². The number of rotatable bonds is 16. The van der Waals surface area contributed by atoms with Gasteiger partial charge in [0.15, 0.2) is 5.96 Å². The largest absolute Gasteiger partial charge is 0.508 e. The molecule has 1 heterocycles. The smallest absolute Gasteiger partial charge is 0.326 e. The number of nitrogens with two attached hydrogens (primary N) is 2. The van der Waals surface area contributed by atoms with Gasteiger partial charge in [-0.2, -0.15) is 0 Å². The van der Waals surface area contributed by atoms with Gasteiger partial charge in [-0.1, -0.05) is 58.4 Å². The fourth-order valence-electron chi connectivity index (χ4n) is 7.28. The molecule has 0 aromatic heterocycles. The van der Waals surface area contributed by atoms with Crippen LogP contribution in [0.2, 0.25) is 0 Å². The first-order valence-electron chi connectivity index (χ1n) is 22.2. The molecule has 0 aliphatic carbocycles. The number of phenols is 2. The molecule has 7 amide bonds. The number of urea groups is 1. The number of aliphatic imine (C=N–C) groups is 1. The van der Waals surface area contributed by atoms with Crippen LogP contribution >= 0.6 is 0 Å². The van der Waals surface area contributed by atoms with Gasteiger partial charge >= 0.3 is 12.0 Å². The van der Waals surface area contributed by atoms with Crippen molar-refractivity contribution in [1.82, 2.24) is 36.8 Å². The summed E-state index contributed by atoms with van der Waals surface area (Å²) in [4.78, 5) is 102. The van der Waals surface area contributed by atoms with E-state index in [9.17, 15) is 48.9 Å². The zero-order chi connectivity index (χ0) is 48.2. The van der Waals surface area contributed by atoms with Crippen molar-refractivity contribution in [1.29, 1.82) is 0 Å². The van der Waals surface area contributed by atoms with E-state index in [2.05, 4.69) is 36.9 Å². The van der Waals surface area contributed by atoms with E-state index in [0.717, 1.165) is 5.56 Å². The number of likely N-dealkylation sites (N-methyl/N-ethyl adjacent to an activating group) is 1. The number of nitrogens with one attached hydrogen (secondary N) is 6. The lowest BCUT2D eigenvalue weighted by Gasteiger charge is -2.34. The Hall–Kier alpha value is -6.60. The van der Waals surface area contributed by atoms with Gasteiger partial charge in [0, 0.05) is 26.6 Å². The Balaban J connectivity index is 2.05. The van der Waals surface area contributed by atoms with Gasteiger partial charge in [0.05, 0.1) is 0 Å². The van der Waals surface area contributed by atoms with Crippen LogP contribution < -0.4 is 43.4 Å². The maximum absolute atomic E-state index is 14.6. The molecule has 2 unspecified atom stereocenters. The number of benzene rings is 2. The van der Waals surface area contributed by atoms with Crippen molar-refractivity contribution in [3.63, 3.8) is 0 Å². The van der Waals surface area contributed by atoms with E-state index in [1.807, 2.05) is 20.8 Å². The first kappa shape index (κ1) is 52.7. The van der Waals surface area contributed by atoms with Gasteiger partial charge in [-0.25, -0.2) is 9.59 Å². The summed E-state index contributed by atoms with van der Waals surface area (Å²) < 4.78 is 0. The lowest BCUT2D eigenvalue weighted by atomic mass is 9.96. The summed E-state index contributed by atoms with van der Waals surface area (Å²) in [7, 11) is 1.46. The van der Waals surface area contributed by atoms with Gasteiger partial charge < -0.3 is 63.6 Å². The van der Waals surface area contributed by atoms with Crippen LogP contribution in [0.5, 0.6) is 11.5 Å². The molecule has 1 saturated heterocycles. The average molecular weight is 909 g/mol. The van der Waals surface area contributed by atoms with Crippen molar-refractivity contribution >= 4 is 47.5 Å². The zero-order valence-electron chi connectivity index (χ0n) is 38.0. The fraction of sp³-hybridized carbons (Fsp3) is 0.556. The topological polar surface area (TPSA) is 320 Å². The molecule has 0 bridgehead atoms. The lowest BCUT2D eigenvalue weighted by molar-refractivity contribution is -0.143. The second-order valence-electron chi connectivity index (χ2n) is 17.0. The van der Waals surface area contributed by atoms with Crippen LogP contribution in [0.1, 0.15) is 90.2 Å². The van der Waals surface area contributed by atoms with E-state index in [1.165, 1.54) is 36.2 Å². The number of hydrogen-bond donors (Lipinski definition) is 11. The minimum Gasteiger partial charge on any atom is -0.508 e. The Kier molecular flexibility index (Phi) is 21.3. The number of nitrogens with zero attached hydrogens (tertiary/aromatic N) is 2. The Morgan fingerprint density at radius 2 is 1.46 bits per heavy atom. The minimum atomic E-state index is -1.35. The summed E-state index contributed by atoms with van der Waals surface area (Å²) in [5, 5.41) is 45.8. The predicted molar refractivity (Wildman–Crippen MR) is 243 cm³/mol. The molecule has 1 aliphatic heterocycles. The molecule has 0 spiro atoms. The molecule has 13 N–H and O–H groups in total. The van der Waals surface area contributed by atoms with Gasteiger partial charge in [-0.15, -0.1) is 0 Å². The van der Waals surface area contributed by atoms with Crippen LogP contribution in [0.25, 0.3) is 0 Å². The zero-order valence-corrected chi connectivity index (χ0v) is 38.0. The number of phenolic OH excluding ortho intramolecular Hbond substituents is 2. The Morgan fingerprint density at radius 1 is 0.846 bits per heavy atom. The molecule has 65 heavy (non-hydrogen) atoms. The van der Waals surface area contributed by atoms with Gasteiger partial charge in [-0.3, -0.25) is 29.0 Å². The van der Waals surface area contributed by atoms with Crippen LogP contribution in [-0.4, -0.2) is 124 Å². The number of amides is 7. The number of carbonyl (C=O) groups is 7. The molecular weight excluding hydrogens is 841 g/mol. The number of aliphatic carboxylic acids is 1. The van der Waals surface area contributed by atoms with Gasteiger partial charge in [0.25, 0.3) is 0 Å². The third-order valence-corrected chi connectivity index (χ3v) is 11.3. The highest BCUT2D eigenvalue weighted by atomic mass is 16.4. The van der Waals surface area contributed by atoms with E-state index in [-0.39, 0.29) is 87.8 Å². The van der Waals surface area contributed by atoms with Crippen LogP contribution in [0, 0.1) is 11.8 Å². The number of carbonyl (C=O) groups excluding carboxylic acids is 6. The van der Waals surface area contributed by atoms with Crippen LogP contribution in [0.4, 0.5) is 4.79 Å². The van der Waals surface area contributed by atoms with E-state index in [4.69, 9.17) is 11.5 Å². The molecule has 0 saturated carbocycles. The van der Waals surface area contributed by atoms with Gasteiger partial charge in [-0.05, 0) is 98.6 Å². The summed E-state index contributed by atoms with van der Waals surface area (Å²) in [6.45, 7) is 7.56. The minimum absolute atomic E-state index is 0.00922. The Morgan fingerprint density at radius 3 is 2.05 bits per heavy atom. The third kappa shape index (κ3) is 17.8. The molecule has 7 atom stereocenters. The highest BCUT2D eigenvalue weighted by molar-refractivity contribution is 5.96. The normalized spacial score (nSPS) is 21.5. The monoisotopic (exact) mass is 909 g/mol. The maximum Gasteiger partial charge on any atom is 0.326 e. The first-order chi connectivity index (χ1) is 30.8. The summed E-state index contributed by atoms with van der Waals surface area (Å²) in [5.41, 5.74) is 12.1. The highest BCUT2D eigenvalue weighted by Gasteiger charge is 2.37. The number of carboxylic acid groups (broad SMARTS) is 1. The highest BCUT2D eigenvalue weighted by Crippen LogP contribution is 2.19. The van der Waals surface area contributed by atoms with Crippen molar-refractivity contribution in [3.8, 4) is 11.5 Å². The van der Waals surface area contributed by atoms with E-state index in [1.54, 1.807) is 31.2 Å². The predicted octanol–water partition coefficient (Wildman–Crippen LogP) is 1.12. The van der Waals surface area contributed by atoms with Crippen LogP contribution in [0.15, 0.2) is 53.5 Å². The third-order valence-electron chi connectivity index (χ3n) is 11.3. The number of carboxylic acids is 1. The summed E-state index contributed by atoms with van der Waals surface area (Å²) >= 11 is 0. The number of aromatic hydroxyl groups is 2. The molecule has 1 aliphatic rings. The van der Waals surface area contributed by atoms with Crippen molar-refractivity contribution in [2.75, 3.05) is 20.1 Å². The summed E-state index contributed by atoms with van der Waals surface area (Å²) in [5.74, 6) is -5.15. The summed E-state index contributed by atoms with van der Waals surface area (Å²) in [6.07, 6.45) is 1.79. The van der Waals surface area contributed by atoms with Gasteiger partial charge in [0.2, 0.25) is 29.5 Å². The maximum atomic E-state index is 14.6. The van der Waals surface area contributed by atoms with Crippen LogP contribution in [-0.2, 0) is 41.6 Å². The van der Waals surface area contributed by atoms with Crippen molar-refractivity contribution in [3.05, 3.63) is 59.7 Å². The second kappa shape index (κ2) is 26.3. The van der Waals surface area contributed by atoms with E-state index in [0.29, 0.717) is 18.4 Å². The van der Waals surface area contributed by atoms with E-state index >= 15 is 0 Å². The lowest BCUT2D eigenvalue weighted by Crippen LogP contribution is -2.61. The summed E-state index contributed by atoms with van der Waals surface area (Å²) in [6, 6.07) is 4.33.